The van der Waals surface area contributed by atoms with Crippen LogP contribution >= 0.6 is 0 Å². The van der Waals surface area contributed by atoms with E-state index in [2.05, 4.69) is 27.7 Å². The van der Waals surface area contributed by atoms with Crippen molar-refractivity contribution < 1.29 is 24.3 Å². The molecule has 0 atom stereocenters. The Morgan fingerprint density at radius 2 is 1.00 bits per heavy atom. The minimum Gasteiger partial charge on any atom is -0.473 e. The fraction of sp³-hybridized carbons (Fsp3) is 0.800. The molecule has 0 aromatic carbocycles. The third kappa shape index (κ3) is 6.90. The van der Waals surface area contributed by atoms with Gasteiger partial charge < -0.3 is 14.7 Å². The van der Waals surface area contributed by atoms with Gasteiger partial charge in [0, 0.05) is 0 Å². The van der Waals surface area contributed by atoms with Gasteiger partial charge in [-0.3, -0.25) is 0 Å². The molecule has 0 aliphatic carbocycles. The molecule has 0 aliphatic heterocycles. The van der Waals surface area contributed by atoms with Gasteiger partial charge in [0.25, 0.3) is 0 Å². The average molecular weight is 220 g/mol. The largest absolute Gasteiger partial charge is 0.473 e. The first-order valence-corrected chi connectivity index (χ1v) is 5.20. The summed E-state index contributed by atoms with van der Waals surface area (Å²) in [5.74, 6) is -3.65. The summed E-state index contributed by atoms with van der Waals surface area (Å²) in [5, 5.41) is 14.8. The van der Waals surface area contributed by atoms with Crippen molar-refractivity contribution in [2.45, 2.75) is 27.7 Å². The lowest BCUT2D eigenvalue weighted by Crippen LogP contribution is -2.47. The van der Waals surface area contributed by atoms with Crippen LogP contribution in [-0.2, 0) is 9.59 Å². The molecule has 0 saturated heterocycles. The average Bonchev–Trinajstić information content (AvgIpc) is 2.23. The molecule has 15 heavy (non-hydrogen) atoms. The molecular formula is C10H22NO4+. The summed E-state index contributed by atoms with van der Waals surface area (Å²) in [6.45, 7) is 14.2. The van der Waals surface area contributed by atoms with E-state index in [1.165, 1.54) is 30.7 Å². The summed E-state index contributed by atoms with van der Waals surface area (Å²) in [5.41, 5.74) is 0. The molecule has 0 rings (SSSR count). The van der Waals surface area contributed by atoms with Gasteiger partial charge in [-0.05, 0) is 27.7 Å². The Morgan fingerprint density at radius 1 is 0.800 bits per heavy atom. The standard InChI is InChI=1S/C8H20N.C2H2O4/c1-5-9(6-2,7-3)8-4;3-1(4)2(5)6/h5-8H2,1-4H3;(H,3,4)(H,5,6)/q+1;. The molecule has 0 aliphatic rings. The zero-order valence-corrected chi connectivity index (χ0v) is 9.99. The summed E-state index contributed by atoms with van der Waals surface area (Å²) in [6, 6.07) is 0. The highest BCUT2D eigenvalue weighted by Crippen LogP contribution is 2.03. The summed E-state index contributed by atoms with van der Waals surface area (Å²) in [6.07, 6.45) is 0. The topological polar surface area (TPSA) is 74.6 Å². The molecule has 0 aromatic rings. The first-order valence-electron chi connectivity index (χ1n) is 5.20. The first-order chi connectivity index (χ1) is 6.89. The number of nitrogens with zero attached hydrogens (tertiary/aromatic N) is 1. The minimum atomic E-state index is -1.82. The molecule has 90 valence electrons. The monoisotopic (exact) mass is 220 g/mol. The Labute approximate surface area is 90.9 Å². The SMILES string of the molecule is CC[N+](CC)(CC)CC.O=C(O)C(=O)O. The van der Waals surface area contributed by atoms with E-state index >= 15 is 0 Å². The molecule has 0 heterocycles. The molecule has 0 fully saturated rings. The zero-order valence-electron chi connectivity index (χ0n) is 9.99. The van der Waals surface area contributed by atoms with Crippen LogP contribution in [0.2, 0.25) is 0 Å². The molecule has 2 N–H and O–H groups in total. The van der Waals surface area contributed by atoms with E-state index in [0.29, 0.717) is 0 Å². The highest BCUT2D eigenvalue weighted by molar-refractivity contribution is 6.27. The van der Waals surface area contributed by atoms with E-state index in [1.807, 2.05) is 0 Å². The predicted molar refractivity (Wildman–Crippen MR) is 57.7 cm³/mol. The van der Waals surface area contributed by atoms with Gasteiger partial charge in [0.05, 0.1) is 26.2 Å². The highest BCUT2D eigenvalue weighted by Gasteiger charge is 2.16. The van der Waals surface area contributed by atoms with Crippen LogP contribution in [0.1, 0.15) is 27.7 Å². The van der Waals surface area contributed by atoms with Gasteiger partial charge in [-0.2, -0.15) is 0 Å². The van der Waals surface area contributed by atoms with Crippen molar-refractivity contribution in [1.29, 1.82) is 0 Å². The van der Waals surface area contributed by atoms with Crippen LogP contribution < -0.4 is 0 Å². The third-order valence-corrected chi connectivity index (χ3v) is 2.87. The molecule has 5 nitrogen and oxygen atoms in total. The Balaban J connectivity index is 0. The minimum absolute atomic E-state index is 1.28. The summed E-state index contributed by atoms with van der Waals surface area (Å²) in [7, 11) is 0. The molecule has 0 saturated carbocycles. The van der Waals surface area contributed by atoms with Crippen molar-refractivity contribution in [3.05, 3.63) is 0 Å². The summed E-state index contributed by atoms with van der Waals surface area (Å²) in [4.78, 5) is 18.2. The van der Waals surface area contributed by atoms with Crippen molar-refractivity contribution >= 4 is 11.9 Å². The zero-order chi connectivity index (χ0) is 12.5. The van der Waals surface area contributed by atoms with Crippen LogP contribution in [0, 0.1) is 0 Å². The predicted octanol–water partition coefficient (Wildman–Crippen LogP) is 1.04. The normalized spacial score (nSPS) is 10.1. The maximum absolute atomic E-state index is 9.10. The van der Waals surface area contributed by atoms with Crippen LogP contribution in [0.5, 0.6) is 0 Å². The number of aliphatic carboxylic acids is 2. The van der Waals surface area contributed by atoms with Crippen LogP contribution in [0.3, 0.4) is 0 Å². The van der Waals surface area contributed by atoms with Crippen molar-refractivity contribution in [2.24, 2.45) is 0 Å². The number of carboxylic acids is 2. The van der Waals surface area contributed by atoms with E-state index < -0.39 is 11.9 Å². The number of rotatable bonds is 4. The second-order valence-corrected chi connectivity index (χ2v) is 3.22. The molecule has 0 radical (unpaired) electrons. The van der Waals surface area contributed by atoms with Gasteiger partial charge in [-0.15, -0.1) is 0 Å². The van der Waals surface area contributed by atoms with Crippen LogP contribution in [0.15, 0.2) is 0 Å². The quantitative estimate of drug-likeness (QED) is 0.548. The molecule has 5 heteroatoms. The van der Waals surface area contributed by atoms with Crippen molar-refractivity contribution in [3.8, 4) is 0 Å². The summed E-state index contributed by atoms with van der Waals surface area (Å²) >= 11 is 0. The number of hydrogen-bond donors (Lipinski definition) is 2. The Kier molecular flexibility index (Phi) is 8.96. The highest BCUT2D eigenvalue weighted by atomic mass is 16.4. The Bertz CT molecular complexity index is 170. The second kappa shape index (κ2) is 8.23. The van der Waals surface area contributed by atoms with Crippen LogP contribution in [0.25, 0.3) is 0 Å². The van der Waals surface area contributed by atoms with Crippen molar-refractivity contribution in [3.63, 3.8) is 0 Å². The fourth-order valence-electron chi connectivity index (χ4n) is 1.34. The molecule has 0 spiro atoms. The molecule has 0 amide bonds. The van der Waals surface area contributed by atoms with E-state index in [1.54, 1.807) is 0 Å². The van der Waals surface area contributed by atoms with Crippen LogP contribution in [-0.4, -0.2) is 52.8 Å². The van der Waals surface area contributed by atoms with Gasteiger partial charge in [0.15, 0.2) is 0 Å². The van der Waals surface area contributed by atoms with Gasteiger partial charge in [-0.1, -0.05) is 0 Å². The lowest BCUT2D eigenvalue weighted by Gasteiger charge is -2.34. The Morgan fingerprint density at radius 3 is 1.00 bits per heavy atom. The van der Waals surface area contributed by atoms with E-state index in [0.717, 1.165) is 0 Å². The number of hydrogen-bond acceptors (Lipinski definition) is 2. The van der Waals surface area contributed by atoms with Crippen molar-refractivity contribution in [1.82, 2.24) is 0 Å². The Hall–Kier alpha value is -1.10. The second-order valence-electron chi connectivity index (χ2n) is 3.22. The summed E-state index contributed by atoms with van der Waals surface area (Å²) < 4.78 is 1.28. The number of quaternary nitrogens is 1. The van der Waals surface area contributed by atoms with Crippen molar-refractivity contribution in [2.75, 3.05) is 26.2 Å². The first kappa shape index (κ1) is 16.3. The van der Waals surface area contributed by atoms with Gasteiger partial charge >= 0.3 is 11.9 Å². The van der Waals surface area contributed by atoms with Gasteiger partial charge in [0.1, 0.15) is 0 Å². The molecule has 0 unspecified atom stereocenters. The number of carboxylic acid groups (broad SMARTS) is 2. The lowest BCUT2D eigenvalue weighted by atomic mass is 10.3. The van der Waals surface area contributed by atoms with Gasteiger partial charge in [0.2, 0.25) is 0 Å². The van der Waals surface area contributed by atoms with E-state index in [-0.39, 0.29) is 0 Å². The molecule has 0 bridgehead atoms. The third-order valence-electron chi connectivity index (χ3n) is 2.87. The van der Waals surface area contributed by atoms with E-state index in [9.17, 15) is 0 Å². The van der Waals surface area contributed by atoms with Crippen LogP contribution in [0.4, 0.5) is 0 Å². The van der Waals surface area contributed by atoms with E-state index in [4.69, 9.17) is 19.8 Å². The molecular weight excluding hydrogens is 198 g/mol. The van der Waals surface area contributed by atoms with Gasteiger partial charge in [-0.25, -0.2) is 9.59 Å². The smallest absolute Gasteiger partial charge is 0.414 e. The number of carbonyl (C=O) groups is 2. The molecule has 0 aromatic heterocycles. The fourth-order valence-corrected chi connectivity index (χ4v) is 1.34. The maximum Gasteiger partial charge on any atom is 0.414 e. The maximum atomic E-state index is 9.10. The lowest BCUT2D eigenvalue weighted by molar-refractivity contribution is -0.921.